The lowest BCUT2D eigenvalue weighted by Gasteiger charge is -2.05. The summed E-state index contributed by atoms with van der Waals surface area (Å²) in [4.78, 5) is 7.23. The number of unbranched alkanes of at least 4 members (excludes halogenated alkanes) is 1. The summed E-state index contributed by atoms with van der Waals surface area (Å²) in [6, 6.07) is 10.5. The lowest BCUT2D eigenvalue weighted by Crippen LogP contribution is -2.16. The van der Waals surface area contributed by atoms with Gasteiger partial charge in [-0.3, -0.25) is 0 Å². The first-order valence-corrected chi connectivity index (χ1v) is 7.26. The van der Waals surface area contributed by atoms with Crippen LogP contribution in [0.25, 0.3) is 0 Å². The summed E-state index contributed by atoms with van der Waals surface area (Å²) < 4.78 is 5.64. The lowest BCUT2D eigenvalue weighted by molar-refractivity contribution is 0.133. The number of benzene rings is 1. The number of nitrogens with zero attached hydrogens (tertiary/aromatic N) is 1. The molecule has 0 amide bonds. The summed E-state index contributed by atoms with van der Waals surface area (Å²) in [5, 5.41) is 3.36. The second kappa shape index (κ2) is 9.28. The topological polar surface area (TPSA) is 49.9 Å². The zero-order valence-electron chi connectivity index (χ0n) is 11.8. The molecule has 0 bridgehead atoms. The second-order valence-corrected chi connectivity index (χ2v) is 4.77. The smallest absolute Gasteiger partial charge is 0.120 e. The van der Waals surface area contributed by atoms with E-state index in [1.807, 2.05) is 12.3 Å². The molecule has 4 nitrogen and oxygen atoms in total. The number of ether oxygens (including phenoxy) is 1. The number of aromatic nitrogens is 2. The number of hydrogen-bond donors (Lipinski definition) is 2. The van der Waals surface area contributed by atoms with Crippen LogP contribution < -0.4 is 5.32 Å². The molecule has 0 unspecified atom stereocenters. The van der Waals surface area contributed by atoms with E-state index >= 15 is 0 Å². The number of aromatic amines is 1. The molecule has 0 radical (unpaired) electrons. The average molecular weight is 273 g/mol. The van der Waals surface area contributed by atoms with Crippen LogP contribution in [0, 0.1) is 0 Å². The normalized spacial score (nSPS) is 10.8. The number of rotatable bonds is 10. The van der Waals surface area contributed by atoms with Crippen LogP contribution in [0.5, 0.6) is 0 Å². The van der Waals surface area contributed by atoms with E-state index in [-0.39, 0.29) is 0 Å². The van der Waals surface area contributed by atoms with Gasteiger partial charge >= 0.3 is 0 Å². The lowest BCUT2D eigenvalue weighted by atomic mass is 10.2. The summed E-state index contributed by atoms with van der Waals surface area (Å²) in [7, 11) is 0. The molecule has 0 saturated heterocycles. The van der Waals surface area contributed by atoms with Crippen molar-refractivity contribution in [3.8, 4) is 0 Å². The van der Waals surface area contributed by atoms with E-state index in [9.17, 15) is 0 Å². The predicted octanol–water partition coefficient (Wildman–Crippen LogP) is 2.54. The minimum absolute atomic E-state index is 0.807. The van der Waals surface area contributed by atoms with Gasteiger partial charge in [0.15, 0.2) is 0 Å². The van der Waals surface area contributed by atoms with Crippen LogP contribution in [-0.4, -0.2) is 29.7 Å². The van der Waals surface area contributed by atoms with E-state index < -0.39 is 0 Å². The van der Waals surface area contributed by atoms with Crippen LogP contribution >= 0.6 is 0 Å². The molecule has 1 aromatic carbocycles. The maximum absolute atomic E-state index is 5.64. The molecule has 1 aromatic heterocycles. The standard InChI is InChI=1S/C16H23N3O/c1-2-6-15(7-3-1)8-13-20-12-5-4-9-17-14-16-18-10-11-19-16/h1-3,6-7,10-11,17H,4-5,8-9,12-14H2,(H,18,19). The van der Waals surface area contributed by atoms with E-state index in [1.54, 1.807) is 6.20 Å². The van der Waals surface area contributed by atoms with Crippen molar-refractivity contribution in [1.29, 1.82) is 0 Å². The number of hydrogen-bond acceptors (Lipinski definition) is 3. The van der Waals surface area contributed by atoms with Gasteiger partial charge in [0.25, 0.3) is 0 Å². The van der Waals surface area contributed by atoms with Gasteiger partial charge in [-0.15, -0.1) is 0 Å². The molecule has 0 saturated carbocycles. The van der Waals surface area contributed by atoms with Crippen molar-refractivity contribution in [3.05, 3.63) is 54.1 Å². The van der Waals surface area contributed by atoms with Crippen molar-refractivity contribution in [2.75, 3.05) is 19.8 Å². The largest absolute Gasteiger partial charge is 0.381 e. The molecule has 2 N–H and O–H groups in total. The van der Waals surface area contributed by atoms with E-state index in [0.717, 1.165) is 51.4 Å². The van der Waals surface area contributed by atoms with Gasteiger partial charge in [0.1, 0.15) is 5.82 Å². The van der Waals surface area contributed by atoms with Crippen molar-refractivity contribution in [2.45, 2.75) is 25.8 Å². The molecule has 0 aliphatic heterocycles. The van der Waals surface area contributed by atoms with Crippen molar-refractivity contribution >= 4 is 0 Å². The summed E-state index contributed by atoms with van der Waals surface area (Å²) >= 11 is 0. The first kappa shape index (κ1) is 14.8. The Morgan fingerprint density at radius 1 is 1.10 bits per heavy atom. The van der Waals surface area contributed by atoms with E-state index in [1.165, 1.54) is 5.56 Å². The van der Waals surface area contributed by atoms with Crippen LogP contribution in [0.2, 0.25) is 0 Å². The molecule has 108 valence electrons. The molecular weight excluding hydrogens is 250 g/mol. The van der Waals surface area contributed by atoms with Gasteiger partial charge in [0, 0.05) is 19.0 Å². The van der Waals surface area contributed by atoms with Crippen LogP contribution in [0.15, 0.2) is 42.7 Å². The predicted molar refractivity (Wildman–Crippen MR) is 80.5 cm³/mol. The highest BCUT2D eigenvalue weighted by Crippen LogP contribution is 2.00. The molecule has 0 spiro atoms. The highest BCUT2D eigenvalue weighted by molar-refractivity contribution is 5.14. The third-order valence-electron chi connectivity index (χ3n) is 3.12. The van der Waals surface area contributed by atoms with Crippen LogP contribution in [0.1, 0.15) is 24.2 Å². The minimum atomic E-state index is 0.807. The fraction of sp³-hybridized carbons (Fsp3) is 0.438. The number of H-pyrrole nitrogens is 1. The molecule has 2 rings (SSSR count). The number of imidazole rings is 1. The molecule has 0 aliphatic rings. The first-order chi connectivity index (χ1) is 9.95. The first-order valence-electron chi connectivity index (χ1n) is 7.26. The van der Waals surface area contributed by atoms with Gasteiger partial charge < -0.3 is 15.0 Å². The zero-order chi connectivity index (χ0) is 13.9. The zero-order valence-corrected chi connectivity index (χ0v) is 11.8. The van der Waals surface area contributed by atoms with Gasteiger partial charge in [-0.2, -0.15) is 0 Å². The molecule has 1 heterocycles. The second-order valence-electron chi connectivity index (χ2n) is 4.77. The van der Waals surface area contributed by atoms with Gasteiger partial charge in [-0.25, -0.2) is 4.98 Å². The van der Waals surface area contributed by atoms with Crippen molar-refractivity contribution < 1.29 is 4.74 Å². The molecule has 0 aliphatic carbocycles. The Hall–Kier alpha value is -1.65. The highest BCUT2D eigenvalue weighted by Gasteiger charge is 1.95. The third kappa shape index (κ3) is 5.99. The Kier molecular flexibility index (Phi) is 6.85. The molecular formula is C16H23N3O. The van der Waals surface area contributed by atoms with Gasteiger partial charge in [-0.05, 0) is 31.4 Å². The monoisotopic (exact) mass is 273 g/mol. The quantitative estimate of drug-likeness (QED) is 0.654. The summed E-state index contributed by atoms with van der Waals surface area (Å²) in [5.74, 6) is 0.990. The van der Waals surface area contributed by atoms with Gasteiger partial charge in [0.05, 0.1) is 13.2 Å². The third-order valence-corrected chi connectivity index (χ3v) is 3.12. The maximum atomic E-state index is 5.64. The van der Waals surface area contributed by atoms with Crippen molar-refractivity contribution in [3.63, 3.8) is 0 Å². The molecule has 20 heavy (non-hydrogen) atoms. The van der Waals surface area contributed by atoms with Crippen molar-refractivity contribution in [2.24, 2.45) is 0 Å². The van der Waals surface area contributed by atoms with E-state index in [0.29, 0.717) is 0 Å². The fourth-order valence-corrected chi connectivity index (χ4v) is 1.99. The Morgan fingerprint density at radius 3 is 2.80 bits per heavy atom. The molecule has 0 atom stereocenters. The summed E-state index contributed by atoms with van der Waals surface area (Å²) in [6.07, 6.45) is 6.85. The summed E-state index contributed by atoms with van der Waals surface area (Å²) in [6.45, 7) is 3.46. The maximum Gasteiger partial charge on any atom is 0.120 e. The highest BCUT2D eigenvalue weighted by atomic mass is 16.5. The van der Waals surface area contributed by atoms with E-state index in [2.05, 4.69) is 39.6 Å². The summed E-state index contributed by atoms with van der Waals surface area (Å²) in [5.41, 5.74) is 1.34. The van der Waals surface area contributed by atoms with Crippen LogP contribution in [-0.2, 0) is 17.7 Å². The van der Waals surface area contributed by atoms with Crippen molar-refractivity contribution in [1.82, 2.24) is 15.3 Å². The Morgan fingerprint density at radius 2 is 2.00 bits per heavy atom. The molecule has 0 fully saturated rings. The Bertz CT molecular complexity index is 442. The fourth-order valence-electron chi connectivity index (χ4n) is 1.99. The minimum Gasteiger partial charge on any atom is -0.381 e. The van der Waals surface area contributed by atoms with Gasteiger partial charge in [-0.1, -0.05) is 30.3 Å². The Labute approximate surface area is 120 Å². The number of nitrogens with one attached hydrogen (secondary N) is 2. The van der Waals surface area contributed by atoms with Gasteiger partial charge in [0.2, 0.25) is 0 Å². The molecule has 2 aromatic rings. The van der Waals surface area contributed by atoms with Crippen LogP contribution in [0.4, 0.5) is 0 Å². The van der Waals surface area contributed by atoms with Crippen LogP contribution in [0.3, 0.4) is 0 Å². The average Bonchev–Trinajstić information content (AvgIpc) is 3.00. The molecule has 4 heteroatoms. The SMILES string of the molecule is c1ccc(CCOCCCCNCc2ncc[nH]2)cc1. The Balaban J connectivity index is 1.39. The van der Waals surface area contributed by atoms with E-state index in [4.69, 9.17) is 4.74 Å².